The summed E-state index contributed by atoms with van der Waals surface area (Å²) in [6.07, 6.45) is 0.825. The molecule has 1 amide bonds. The van der Waals surface area contributed by atoms with E-state index in [2.05, 4.69) is 5.32 Å². The fraction of sp³-hybridized carbons (Fsp3) is 0.364. The van der Waals surface area contributed by atoms with E-state index < -0.39 is 14.0 Å². The average Bonchev–Trinajstić information content (AvgIpc) is 2.36. The van der Waals surface area contributed by atoms with Gasteiger partial charge < -0.3 is 5.32 Å². The van der Waals surface area contributed by atoms with Crippen LogP contribution in [0.3, 0.4) is 0 Å². The fourth-order valence-corrected chi connectivity index (χ4v) is 4.33. The summed E-state index contributed by atoms with van der Waals surface area (Å²) in [6, 6.07) is 2.93. The lowest BCUT2D eigenvalue weighted by atomic mass is 10.0. The van der Waals surface area contributed by atoms with E-state index in [0.717, 1.165) is 17.3 Å². The normalized spacial score (nSPS) is 14.4. The van der Waals surface area contributed by atoms with Crippen LogP contribution in [0.4, 0.5) is 11.4 Å². The molecule has 0 bridgehead atoms. The third-order valence-corrected chi connectivity index (χ3v) is 5.32. The first-order valence-corrected chi connectivity index (χ1v) is 9.39. The van der Waals surface area contributed by atoms with Crippen LogP contribution in [0.5, 0.6) is 0 Å². The minimum absolute atomic E-state index is 0.123. The van der Waals surface area contributed by atoms with Crippen LogP contribution in [0.2, 0.25) is 0 Å². The van der Waals surface area contributed by atoms with Gasteiger partial charge in [-0.15, -0.1) is 11.8 Å². The molecule has 0 spiro atoms. The van der Waals surface area contributed by atoms with E-state index in [1.807, 2.05) is 0 Å². The van der Waals surface area contributed by atoms with Gasteiger partial charge in [-0.25, -0.2) is 8.42 Å². The van der Waals surface area contributed by atoms with Crippen molar-refractivity contribution in [3.05, 3.63) is 27.8 Å². The molecule has 0 atom stereocenters. The summed E-state index contributed by atoms with van der Waals surface area (Å²) in [7, 11) is 1.48. The lowest BCUT2D eigenvalue weighted by Crippen LogP contribution is -2.19. The highest BCUT2D eigenvalue weighted by Gasteiger charge is 2.23. The van der Waals surface area contributed by atoms with E-state index in [-0.39, 0.29) is 23.1 Å². The standard InChI is InChI=1S/C11H11ClN2O5S2/c12-21(18,19)4-3-20-10-5-7-1-2-11(15)13-8(7)6-9(10)14(16)17/h5-6H,1-4H2,(H,13,15). The van der Waals surface area contributed by atoms with Gasteiger partial charge in [-0.2, -0.15) is 0 Å². The van der Waals surface area contributed by atoms with Gasteiger partial charge in [-0.05, 0) is 18.1 Å². The molecule has 1 aromatic carbocycles. The summed E-state index contributed by atoms with van der Waals surface area (Å²) < 4.78 is 21.8. The molecule has 0 aromatic heterocycles. The summed E-state index contributed by atoms with van der Waals surface area (Å²) in [6.45, 7) is 0. The van der Waals surface area contributed by atoms with Gasteiger partial charge in [0.15, 0.2) is 0 Å². The van der Waals surface area contributed by atoms with Gasteiger partial charge in [0, 0.05) is 28.9 Å². The highest BCUT2D eigenvalue weighted by atomic mass is 35.7. The predicted octanol–water partition coefficient (Wildman–Crippen LogP) is 2.14. The van der Waals surface area contributed by atoms with Gasteiger partial charge in [-0.1, -0.05) is 0 Å². The molecular formula is C11H11ClN2O5S2. The molecule has 114 valence electrons. The minimum Gasteiger partial charge on any atom is -0.326 e. The number of nitro groups is 1. The zero-order chi connectivity index (χ0) is 15.6. The Kier molecular flexibility index (Phi) is 4.74. The quantitative estimate of drug-likeness (QED) is 0.377. The molecule has 0 saturated heterocycles. The molecule has 10 heteroatoms. The molecule has 1 aliphatic heterocycles. The lowest BCUT2D eigenvalue weighted by Gasteiger charge is -2.17. The number of amides is 1. The molecule has 0 saturated carbocycles. The second kappa shape index (κ2) is 6.20. The van der Waals surface area contributed by atoms with E-state index in [1.54, 1.807) is 6.07 Å². The van der Waals surface area contributed by atoms with Crippen LogP contribution in [-0.2, 0) is 20.3 Å². The Morgan fingerprint density at radius 2 is 2.10 bits per heavy atom. The third-order valence-electron chi connectivity index (χ3n) is 2.86. The highest BCUT2D eigenvalue weighted by Crippen LogP contribution is 2.36. The Morgan fingerprint density at radius 3 is 2.71 bits per heavy atom. The summed E-state index contributed by atoms with van der Waals surface area (Å²) >= 11 is 1.06. The van der Waals surface area contributed by atoms with Crippen molar-refractivity contribution in [1.82, 2.24) is 0 Å². The van der Waals surface area contributed by atoms with Crippen molar-refractivity contribution in [1.29, 1.82) is 0 Å². The van der Waals surface area contributed by atoms with E-state index >= 15 is 0 Å². The van der Waals surface area contributed by atoms with Gasteiger partial charge in [0.05, 0.1) is 21.3 Å². The average molecular weight is 351 g/mol. The maximum Gasteiger partial charge on any atom is 0.284 e. The van der Waals surface area contributed by atoms with Crippen molar-refractivity contribution in [2.24, 2.45) is 0 Å². The molecule has 2 rings (SSSR count). The number of nitrogens with zero attached hydrogens (tertiary/aromatic N) is 1. The molecule has 0 fully saturated rings. The molecule has 1 N–H and O–H groups in total. The Bertz CT molecular complexity index is 705. The summed E-state index contributed by atoms with van der Waals surface area (Å²) in [5.74, 6) is -0.326. The molecule has 21 heavy (non-hydrogen) atoms. The smallest absolute Gasteiger partial charge is 0.284 e. The number of nitro benzene ring substituents is 1. The zero-order valence-corrected chi connectivity index (χ0v) is 13.1. The third kappa shape index (κ3) is 4.32. The largest absolute Gasteiger partial charge is 0.326 e. The van der Waals surface area contributed by atoms with Gasteiger partial charge in [0.1, 0.15) is 0 Å². The topological polar surface area (TPSA) is 106 Å². The Hall–Kier alpha value is -1.32. The van der Waals surface area contributed by atoms with E-state index in [1.165, 1.54) is 6.07 Å². The zero-order valence-electron chi connectivity index (χ0n) is 10.7. The van der Waals surface area contributed by atoms with E-state index in [0.29, 0.717) is 23.4 Å². The SMILES string of the molecule is O=C1CCc2cc(SCCS(=O)(=O)Cl)c([N+](=O)[O-])cc2N1. The van der Waals surface area contributed by atoms with Gasteiger partial charge >= 0.3 is 0 Å². The van der Waals surface area contributed by atoms with Crippen LogP contribution in [0.1, 0.15) is 12.0 Å². The first-order chi connectivity index (χ1) is 9.76. The molecular weight excluding hydrogens is 340 g/mol. The van der Waals surface area contributed by atoms with E-state index in [9.17, 15) is 23.3 Å². The van der Waals surface area contributed by atoms with Crippen molar-refractivity contribution in [3.63, 3.8) is 0 Å². The minimum atomic E-state index is -3.63. The van der Waals surface area contributed by atoms with Gasteiger partial charge in [-0.3, -0.25) is 14.9 Å². The second-order valence-electron chi connectivity index (χ2n) is 4.37. The second-order valence-corrected chi connectivity index (χ2v) is 8.41. The van der Waals surface area contributed by atoms with E-state index in [4.69, 9.17) is 10.7 Å². The molecule has 0 unspecified atom stereocenters. The predicted molar refractivity (Wildman–Crippen MR) is 80.4 cm³/mol. The number of rotatable bonds is 5. The highest BCUT2D eigenvalue weighted by molar-refractivity contribution is 8.14. The van der Waals surface area contributed by atoms with Crippen molar-refractivity contribution in [2.75, 3.05) is 16.8 Å². The van der Waals surface area contributed by atoms with Crippen molar-refractivity contribution in [2.45, 2.75) is 17.7 Å². The first-order valence-electron chi connectivity index (χ1n) is 5.92. The molecule has 1 aromatic rings. The Morgan fingerprint density at radius 1 is 1.38 bits per heavy atom. The number of halogens is 1. The monoisotopic (exact) mass is 350 g/mol. The van der Waals surface area contributed by atoms with Crippen LogP contribution in [-0.4, -0.2) is 30.8 Å². The van der Waals surface area contributed by atoms with Crippen LogP contribution in [0.15, 0.2) is 17.0 Å². The molecule has 0 aliphatic carbocycles. The molecule has 1 heterocycles. The Balaban J connectivity index is 2.27. The number of carbonyl (C=O) groups excluding carboxylic acids is 1. The van der Waals surface area contributed by atoms with Crippen molar-refractivity contribution < 1.29 is 18.1 Å². The number of benzene rings is 1. The van der Waals surface area contributed by atoms with Crippen LogP contribution in [0, 0.1) is 10.1 Å². The summed E-state index contributed by atoms with van der Waals surface area (Å²) in [5, 5.41) is 13.7. The number of aryl methyl sites for hydroxylation is 1. The maximum atomic E-state index is 11.3. The van der Waals surface area contributed by atoms with Crippen LogP contribution in [0.25, 0.3) is 0 Å². The van der Waals surface area contributed by atoms with Gasteiger partial charge in [0.25, 0.3) is 5.69 Å². The maximum absolute atomic E-state index is 11.3. The number of nitrogens with one attached hydrogen (secondary N) is 1. The fourth-order valence-electron chi connectivity index (χ4n) is 1.90. The van der Waals surface area contributed by atoms with Crippen molar-refractivity contribution >= 4 is 48.8 Å². The lowest BCUT2D eigenvalue weighted by molar-refractivity contribution is -0.387. The number of hydrogen-bond acceptors (Lipinski definition) is 6. The first kappa shape index (κ1) is 16.1. The molecule has 1 aliphatic rings. The van der Waals surface area contributed by atoms with Crippen LogP contribution >= 0.6 is 22.4 Å². The number of fused-ring (bicyclic) bond motifs is 1. The number of thioether (sulfide) groups is 1. The Labute approximate surface area is 129 Å². The molecule has 7 nitrogen and oxygen atoms in total. The van der Waals surface area contributed by atoms with Gasteiger partial charge in [0.2, 0.25) is 15.0 Å². The number of anilines is 1. The summed E-state index contributed by atoms with van der Waals surface area (Å²) in [4.78, 5) is 22.2. The van der Waals surface area contributed by atoms with Crippen LogP contribution < -0.4 is 5.32 Å². The number of carbonyl (C=O) groups is 1. The summed E-state index contributed by atoms with van der Waals surface area (Å²) in [5.41, 5.74) is 1.08. The van der Waals surface area contributed by atoms with Crippen molar-refractivity contribution in [3.8, 4) is 0 Å². The molecule has 0 radical (unpaired) electrons. The number of hydrogen-bond donors (Lipinski definition) is 1.